The zero-order valence-electron chi connectivity index (χ0n) is 12.3. The maximum Gasteiger partial charge on any atom is 0.111 e. The molecular weight excluding hydrogens is 282 g/mol. The van der Waals surface area contributed by atoms with Crippen LogP contribution in [0.15, 0.2) is 18.2 Å². The Balaban J connectivity index is 2.10. The third-order valence-electron chi connectivity index (χ3n) is 4.35. The van der Waals surface area contributed by atoms with E-state index in [-0.39, 0.29) is 0 Å². The quantitative estimate of drug-likeness (QED) is 0.740. The van der Waals surface area contributed by atoms with Crippen molar-refractivity contribution in [3.8, 4) is 6.07 Å². The lowest BCUT2D eigenvalue weighted by Gasteiger charge is -2.20. The van der Waals surface area contributed by atoms with Crippen molar-refractivity contribution in [1.29, 1.82) is 5.26 Å². The van der Waals surface area contributed by atoms with Crippen LogP contribution in [0.25, 0.3) is 11.0 Å². The molecule has 1 atom stereocenters. The molecule has 1 saturated carbocycles. The second kappa shape index (κ2) is 6.07. The summed E-state index contributed by atoms with van der Waals surface area (Å²) in [6, 6.07) is 8.46. The van der Waals surface area contributed by atoms with E-state index in [9.17, 15) is 0 Å². The summed E-state index contributed by atoms with van der Waals surface area (Å²) in [7, 11) is 0. The summed E-state index contributed by atoms with van der Waals surface area (Å²) in [5.74, 6) is 2.51. The molecule has 1 aromatic carbocycles. The molecule has 110 valence electrons. The van der Waals surface area contributed by atoms with Gasteiger partial charge in [-0.15, -0.1) is 11.6 Å². The summed E-state index contributed by atoms with van der Waals surface area (Å²) in [4.78, 5) is 4.74. The Labute approximate surface area is 130 Å². The molecule has 0 N–H and O–H groups in total. The lowest BCUT2D eigenvalue weighted by molar-refractivity contribution is 0.427. The van der Waals surface area contributed by atoms with Gasteiger partial charge in [0.2, 0.25) is 0 Å². The highest BCUT2D eigenvalue weighted by atomic mass is 35.5. The molecule has 3 rings (SSSR count). The highest BCUT2D eigenvalue weighted by Gasteiger charge is 2.27. The van der Waals surface area contributed by atoms with Crippen molar-refractivity contribution >= 4 is 22.6 Å². The van der Waals surface area contributed by atoms with Crippen LogP contribution >= 0.6 is 11.6 Å². The van der Waals surface area contributed by atoms with E-state index in [1.54, 1.807) is 0 Å². The summed E-state index contributed by atoms with van der Waals surface area (Å²) in [6.45, 7) is 2.23. The van der Waals surface area contributed by atoms with Gasteiger partial charge in [0.1, 0.15) is 5.82 Å². The normalized spacial score (nSPS) is 16.0. The molecule has 1 fully saturated rings. The van der Waals surface area contributed by atoms with Crippen LogP contribution < -0.4 is 0 Å². The van der Waals surface area contributed by atoms with Crippen LogP contribution in [0.3, 0.4) is 0 Å². The maximum atomic E-state index is 9.15. The van der Waals surface area contributed by atoms with E-state index >= 15 is 0 Å². The van der Waals surface area contributed by atoms with Crippen LogP contribution in [-0.2, 0) is 6.42 Å². The van der Waals surface area contributed by atoms with E-state index < -0.39 is 0 Å². The van der Waals surface area contributed by atoms with Gasteiger partial charge in [-0.3, -0.25) is 0 Å². The average Bonchev–Trinajstić information content (AvgIpc) is 3.25. The van der Waals surface area contributed by atoms with Crippen LogP contribution in [0.4, 0.5) is 0 Å². The lowest BCUT2D eigenvalue weighted by atomic mass is 10.1. The SMILES string of the molecule is CCC(CC1CC1)n1c(CCCl)nc2ccc(C#N)cc21. The van der Waals surface area contributed by atoms with Crippen LogP contribution in [-0.4, -0.2) is 15.4 Å². The molecule has 0 radical (unpaired) electrons. The fourth-order valence-corrected chi connectivity index (χ4v) is 3.24. The minimum Gasteiger partial charge on any atom is -0.325 e. The molecule has 0 aliphatic heterocycles. The first-order valence-electron chi connectivity index (χ1n) is 7.73. The largest absolute Gasteiger partial charge is 0.325 e. The van der Waals surface area contributed by atoms with Crippen molar-refractivity contribution in [3.63, 3.8) is 0 Å². The number of aryl methyl sites for hydroxylation is 1. The molecule has 1 aliphatic carbocycles. The number of aromatic nitrogens is 2. The van der Waals surface area contributed by atoms with Gasteiger partial charge in [-0.05, 0) is 37.0 Å². The summed E-state index contributed by atoms with van der Waals surface area (Å²) in [6.07, 6.45) is 5.80. The number of fused-ring (bicyclic) bond motifs is 1. The van der Waals surface area contributed by atoms with Gasteiger partial charge in [-0.2, -0.15) is 5.26 Å². The molecule has 1 unspecified atom stereocenters. The molecule has 1 aromatic heterocycles. The van der Waals surface area contributed by atoms with Crippen molar-refractivity contribution in [2.75, 3.05) is 5.88 Å². The van der Waals surface area contributed by atoms with Crippen LogP contribution in [0.1, 0.15) is 50.0 Å². The first-order valence-corrected chi connectivity index (χ1v) is 8.27. The molecule has 0 saturated heterocycles. The van der Waals surface area contributed by atoms with Crippen LogP contribution in [0.2, 0.25) is 0 Å². The van der Waals surface area contributed by atoms with E-state index in [0.717, 1.165) is 35.6 Å². The average molecular weight is 302 g/mol. The molecule has 0 spiro atoms. The van der Waals surface area contributed by atoms with Gasteiger partial charge in [-0.25, -0.2) is 4.98 Å². The second-order valence-corrected chi connectivity index (χ2v) is 6.27. The highest BCUT2D eigenvalue weighted by Crippen LogP contribution is 2.39. The van der Waals surface area contributed by atoms with Crippen molar-refractivity contribution < 1.29 is 0 Å². The number of imidazole rings is 1. The van der Waals surface area contributed by atoms with Crippen molar-refractivity contribution in [2.24, 2.45) is 5.92 Å². The Bertz CT molecular complexity index is 679. The predicted molar refractivity (Wildman–Crippen MR) is 85.5 cm³/mol. The van der Waals surface area contributed by atoms with Gasteiger partial charge in [0.25, 0.3) is 0 Å². The summed E-state index contributed by atoms with van der Waals surface area (Å²) < 4.78 is 2.34. The number of benzene rings is 1. The van der Waals surface area contributed by atoms with E-state index in [2.05, 4.69) is 17.6 Å². The first kappa shape index (κ1) is 14.4. The van der Waals surface area contributed by atoms with Crippen molar-refractivity contribution in [3.05, 3.63) is 29.6 Å². The van der Waals surface area contributed by atoms with E-state index in [1.807, 2.05) is 18.2 Å². The molecular formula is C17H20ClN3. The molecule has 3 nitrogen and oxygen atoms in total. The Morgan fingerprint density at radius 1 is 1.48 bits per heavy atom. The number of hydrogen-bond donors (Lipinski definition) is 0. The van der Waals surface area contributed by atoms with Gasteiger partial charge in [0, 0.05) is 18.3 Å². The minimum absolute atomic E-state index is 0.467. The summed E-state index contributed by atoms with van der Waals surface area (Å²) in [5, 5.41) is 9.15. The van der Waals surface area contributed by atoms with Crippen molar-refractivity contribution in [1.82, 2.24) is 9.55 Å². The van der Waals surface area contributed by atoms with Gasteiger partial charge in [0.15, 0.2) is 0 Å². The molecule has 0 bridgehead atoms. The number of rotatable bonds is 6. The molecule has 4 heteroatoms. The molecule has 1 aliphatic rings. The topological polar surface area (TPSA) is 41.6 Å². The molecule has 0 amide bonds. The number of nitriles is 1. The smallest absolute Gasteiger partial charge is 0.111 e. The third-order valence-corrected chi connectivity index (χ3v) is 4.54. The Morgan fingerprint density at radius 3 is 2.90 bits per heavy atom. The zero-order chi connectivity index (χ0) is 14.8. The fraction of sp³-hybridized carbons (Fsp3) is 0.529. The van der Waals surface area contributed by atoms with Crippen molar-refractivity contribution in [2.45, 2.75) is 45.1 Å². The maximum absolute atomic E-state index is 9.15. The third kappa shape index (κ3) is 2.91. The van der Waals surface area contributed by atoms with Crippen LogP contribution in [0, 0.1) is 17.2 Å². The fourth-order valence-electron chi connectivity index (χ4n) is 3.07. The zero-order valence-corrected chi connectivity index (χ0v) is 13.1. The Kier molecular flexibility index (Phi) is 4.17. The standard InChI is InChI=1S/C17H20ClN3/c1-2-14(9-12-3-4-12)21-16-10-13(11-19)5-6-15(16)20-17(21)7-8-18/h5-6,10,12,14H,2-4,7-9H2,1H3. The van der Waals surface area contributed by atoms with Gasteiger partial charge in [-0.1, -0.05) is 19.8 Å². The monoisotopic (exact) mass is 301 g/mol. The molecule has 2 aromatic rings. The van der Waals surface area contributed by atoms with Gasteiger partial charge in [0.05, 0.1) is 22.7 Å². The van der Waals surface area contributed by atoms with E-state index in [0.29, 0.717) is 17.5 Å². The summed E-state index contributed by atoms with van der Waals surface area (Å²) in [5.41, 5.74) is 2.76. The second-order valence-electron chi connectivity index (χ2n) is 5.89. The number of halogens is 1. The number of hydrogen-bond acceptors (Lipinski definition) is 2. The number of alkyl halides is 1. The van der Waals surface area contributed by atoms with Crippen LogP contribution in [0.5, 0.6) is 0 Å². The highest BCUT2D eigenvalue weighted by molar-refractivity contribution is 6.17. The molecule has 21 heavy (non-hydrogen) atoms. The lowest BCUT2D eigenvalue weighted by Crippen LogP contribution is -2.13. The predicted octanol–water partition coefficient (Wildman–Crippen LogP) is 4.44. The Morgan fingerprint density at radius 2 is 2.29 bits per heavy atom. The number of nitrogens with zero attached hydrogens (tertiary/aromatic N) is 3. The summed E-state index contributed by atoms with van der Waals surface area (Å²) >= 11 is 5.95. The first-order chi connectivity index (χ1) is 10.3. The van der Waals surface area contributed by atoms with E-state index in [1.165, 1.54) is 19.3 Å². The van der Waals surface area contributed by atoms with Gasteiger partial charge >= 0.3 is 0 Å². The molecule has 1 heterocycles. The Hall–Kier alpha value is -1.53. The van der Waals surface area contributed by atoms with Gasteiger partial charge < -0.3 is 4.57 Å². The minimum atomic E-state index is 0.467. The van der Waals surface area contributed by atoms with E-state index in [4.69, 9.17) is 21.8 Å².